The quantitative estimate of drug-likeness (QED) is 0.251. The third-order valence-electron chi connectivity index (χ3n) is 4.00. The zero-order valence-corrected chi connectivity index (χ0v) is 16.2. The van der Waals surface area contributed by atoms with E-state index in [4.69, 9.17) is 5.11 Å². The number of aromatic nitrogens is 2. The van der Waals surface area contributed by atoms with Crippen molar-refractivity contribution in [3.8, 4) is 17.0 Å². The van der Waals surface area contributed by atoms with E-state index in [9.17, 15) is 26.3 Å². The predicted octanol–water partition coefficient (Wildman–Crippen LogP) is 5.00. The fourth-order valence-corrected chi connectivity index (χ4v) is 2.64. The van der Waals surface area contributed by atoms with E-state index in [1.165, 1.54) is 18.2 Å². The normalized spacial score (nSPS) is 11.3. The van der Waals surface area contributed by atoms with Gasteiger partial charge in [0.15, 0.2) is 11.6 Å². The van der Waals surface area contributed by atoms with E-state index in [-0.39, 0.29) is 36.2 Å². The summed E-state index contributed by atoms with van der Waals surface area (Å²) in [6.07, 6.45) is -4.57. The van der Waals surface area contributed by atoms with Gasteiger partial charge in [0.2, 0.25) is 5.95 Å². The summed E-state index contributed by atoms with van der Waals surface area (Å²) in [6.45, 7) is 0.105. The van der Waals surface area contributed by atoms with Gasteiger partial charge < -0.3 is 20.5 Å². The van der Waals surface area contributed by atoms with Crippen LogP contribution in [0.1, 0.15) is 6.42 Å². The Morgan fingerprint density at radius 3 is 2.44 bits per heavy atom. The Balaban J connectivity index is 2.01. The standard InChI is InChI=1S/C20H16F6N4O2/c21-13-5-6-14(22)18(17(13)23)29-16-10-15(28-19(30-16)27-7-2-8-31)11-3-1-4-12(9-11)32-20(24,25)26/h1,3-6,9-10,31H,2,7-8H2,(H2,27,28,29,30). The number of anilines is 3. The number of hydrogen-bond donors (Lipinski definition) is 3. The predicted molar refractivity (Wildman–Crippen MR) is 104 cm³/mol. The molecule has 3 rings (SSSR count). The lowest BCUT2D eigenvalue weighted by atomic mass is 10.1. The summed E-state index contributed by atoms with van der Waals surface area (Å²) in [5, 5.41) is 14.0. The van der Waals surface area contributed by atoms with Crippen molar-refractivity contribution in [1.82, 2.24) is 9.97 Å². The zero-order chi connectivity index (χ0) is 23.3. The topological polar surface area (TPSA) is 79.3 Å². The highest BCUT2D eigenvalue weighted by atomic mass is 19.4. The Morgan fingerprint density at radius 2 is 1.72 bits per heavy atom. The van der Waals surface area contributed by atoms with Crippen molar-refractivity contribution in [2.24, 2.45) is 0 Å². The number of nitrogens with one attached hydrogen (secondary N) is 2. The van der Waals surface area contributed by atoms with Crippen molar-refractivity contribution >= 4 is 17.5 Å². The van der Waals surface area contributed by atoms with Crippen LogP contribution >= 0.6 is 0 Å². The minimum atomic E-state index is -4.90. The van der Waals surface area contributed by atoms with Gasteiger partial charge in [-0.15, -0.1) is 13.2 Å². The number of aliphatic hydroxyl groups is 1. The van der Waals surface area contributed by atoms with Crippen LogP contribution in [0, 0.1) is 17.5 Å². The van der Waals surface area contributed by atoms with E-state index in [0.29, 0.717) is 12.5 Å². The van der Waals surface area contributed by atoms with Crippen LogP contribution in [0.25, 0.3) is 11.3 Å². The number of rotatable bonds is 8. The Morgan fingerprint density at radius 1 is 0.969 bits per heavy atom. The summed E-state index contributed by atoms with van der Waals surface area (Å²) >= 11 is 0. The third kappa shape index (κ3) is 6.00. The van der Waals surface area contributed by atoms with E-state index in [1.54, 1.807) is 0 Å². The first kappa shape index (κ1) is 23.1. The number of halogens is 6. The van der Waals surface area contributed by atoms with Crippen LogP contribution in [0.2, 0.25) is 0 Å². The maximum Gasteiger partial charge on any atom is 0.573 e. The molecule has 3 N–H and O–H groups in total. The van der Waals surface area contributed by atoms with Gasteiger partial charge in [-0.1, -0.05) is 12.1 Å². The average Bonchev–Trinajstić information content (AvgIpc) is 2.73. The first-order valence-corrected chi connectivity index (χ1v) is 9.17. The molecule has 170 valence electrons. The summed E-state index contributed by atoms with van der Waals surface area (Å²) < 4.78 is 83.1. The SMILES string of the molecule is OCCCNc1nc(Nc2c(F)ccc(F)c2F)cc(-c2cccc(OC(F)(F)F)c2)n1. The van der Waals surface area contributed by atoms with Gasteiger partial charge in [-0.25, -0.2) is 18.2 Å². The van der Waals surface area contributed by atoms with E-state index >= 15 is 0 Å². The number of aliphatic hydroxyl groups excluding tert-OH is 1. The van der Waals surface area contributed by atoms with Gasteiger partial charge in [0.25, 0.3) is 0 Å². The fraction of sp³-hybridized carbons (Fsp3) is 0.200. The van der Waals surface area contributed by atoms with Gasteiger partial charge in [-0.2, -0.15) is 4.98 Å². The van der Waals surface area contributed by atoms with Crippen LogP contribution in [0.5, 0.6) is 5.75 Å². The van der Waals surface area contributed by atoms with E-state index in [0.717, 1.165) is 18.2 Å². The smallest absolute Gasteiger partial charge is 0.406 e. The average molecular weight is 458 g/mol. The van der Waals surface area contributed by atoms with Crippen molar-refractivity contribution < 1.29 is 36.2 Å². The van der Waals surface area contributed by atoms with E-state index in [1.807, 2.05) is 0 Å². The molecule has 0 aliphatic heterocycles. The molecule has 0 amide bonds. The largest absolute Gasteiger partial charge is 0.573 e. The Hall–Kier alpha value is -3.54. The molecule has 0 aliphatic carbocycles. The minimum absolute atomic E-state index is 0.0437. The monoisotopic (exact) mass is 458 g/mol. The Bertz CT molecular complexity index is 1090. The summed E-state index contributed by atoms with van der Waals surface area (Å²) in [5.74, 6) is -4.55. The van der Waals surface area contributed by atoms with Crippen molar-refractivity contribution in [1.29, 1.82) is 0 Å². The Labute approximate surface area is 177 Å². The highest BCUT2D eigenvalue weighted by Crippen LogP contribution is 2.30. The molecule has 0 fully saturated rings. The summed E-state index contributed by atoms with van der Waals surface area (Å²) in [4.78, 5) is 8.21. The molecule has 0 atom stereocenters. The molecule has 0 aliphatic rings. The van der Waals surface area contributed by atoms with Crippen molar-refractivity contribution in [2.75, 3.05) is 23.8 Å². The lowest BCUT2D eigenvalue weighted by molar-refractivity contribution is -0.274. The molecule has 0 bridgehead atoms. The second-order valence-electron chi connectivity index (χ2n) is 6.38. The molecule has 1 heterocycles. The molecule has 0 radical (unpaired) electrons. The molecule has 0 saturated heterocycles. The summed E-state index contributed by atoms with van der Waals surface area (Å²) in [5.41, 5.74) is -0.536. The molecule has 0 unspecified atom stereocenters. The van der Waals surface area contributed by atoms with Crippen LogP contribution in [0.15, 0.2) is 42.5 Å². The number of hydrogen-bond acceptors (Lipinski definition) is 6. The first-order chi connectivity index (χ1) is 15.2. The molecule has 12 heteroatoms. The highest BCUT2D eigenvalue weighted by Gasteiger charge is 2.31. The van der Waals surface area contributed by atoms with Gasteiger partial charge >= 0.3 is 6.36 Å². The molecular formula is C20H16F6N4O2. The maximum absolute atomic E-state index is 14.0. The lowest BCUT2D eigenvalue weighted by Crippen LogP contribution is -2.17. The zero-order valence-electron chi connectivity index (χ0n) is 16.2. The van der Waals surface area contributed by atoms with Gasteiger partial charge in [0.05, 0.1) is 5.69 Å². The number of ether oxygens (including phenoxy) is 1. The highest BCUT2D eigenvalue weighted by molar-refractivity contribution is 5.68. The molecule has 2 aromatic carbocycles. The van der Waals surface area contributed by atoms with E-state index in [2.05, 4.69) is 25.3 Å². The third-order valence-corrected chi connectivity index (χ3v) is 4.00. The molecule has 32 heavy (non-hydrogen) atoms. The molecular weight excluding hydrogens is 442 g/mol. The summed E-state index contributed by atoms with van der Waals surface area (Å²) in [7, 11) is 0. The first-order valence-electron chi connectivity index (χ1n) is 9.17. The van der Waals surface area contributed by atoms with Crippen LogP contribution < -0.4 is 15.4 Å². The fourth-order valence-electron chi connectivity index (χ4n) is 2.64. The molecule has 0 spiro atoms. The van der Waals surface area contributed by atoms with Crippen LogP contribution in [0.3, 0.4) is 0 Å². The summed E-state index contributed by atoms with van der Waals surface area (Å²) in [6, 6.07) is 7.46. The molecule has 3 aromatic rings. The van der Waals surface area contributed by atoms with Crippen LogP contribution in [-0.2, 0) is 0 Å². The number of nitrogens with zero attached hydrogens (tertiary/aromatic N) is 2. The van der Waals surface area contributed by atoms with Crippen molar-refractivity contribution in [3.05, 3.63) is 59.9 Å². The number of benzene rings is 2. The van der Waals surface area contributed by atoms with E-state index < -0.39 is 35.3 Å². The molecule has 6 nitrogen and oxygen atoms in total. The van der Waals surface area contributed by atoms with Crippen molar-refractivity contribution in [3.63, 3.8) is 0 Å². The second-order valence-corrected chi connectivity index (χ2v) is 6.38. The van der Waals surface area contributed by atoms with Crippen LogP contribution in [0.4, 0.5) is 43.8 Å². The van der Waals surface area contributed by atoms with Gasteiger partial charge in [-0.05, 0) is 30.7 Å². The Kier molecular flexibility index (Phi) is 7.03. The van der Waals surface area contributed by atoms with Crippen LogP contribution in [-0.4, -0.2) is 34.6 Å². The minimum Gasteiger partial charge on any atom is -0.406 e. The van der Waals surface area contributed by atoms with Gasteiger partial charge in [0, 0.05) is 24.8 Å². The lowest BCUT2D eigenvalue weighted by Gasteiger charge is -2.13. The van der Waals surface area contributed by atoms with Gasteiger partial charge in [0.1, 0.15) is 23.1 Å². The number of alkyl halides is 3. The molecule has 1 aromatic heterocycles. The molecule has 0 saturated carbocycles. The maximum atomic E-state index is 14.0. The van der Waals surface area contributed by atoms with Gasteiger partial charge in [-0.3, -0.25) is 0 Å². The second kappa shape index (κ2) is 9.73. The van der Waals surface area contributed by atoms with Crippen molar-refractivity contribution in [2.45, 2.75) is 12.8 Å².